The monoisotopic (exact) mass is 433 g/mol. The van der Waals surface area contributed by atoms with Gasteiger partial charge in [0.15, 0.2) is 0 Å². The van der Waals surface area contributed by atoms with Crippen LogP contribution in [0, 0.1) is 0 Å². The molecule has 0 fully saturated rings. The van der Waals surface area contributed by atoms with E-state index in [-0.39, 0.29) is 12.5 Å². The summed E-state index contributed by atoms with van der Waals surface area (Å²) in [6.07, 6.45) is 4.04. The van der Waals surface area contributed by atoms with Crippen molar-refractivity contribution >= 4 is 17.2 Å². The van der Waals surface area contributed by atoms with E-state index < -0.39 is 0 Å². The molecular formula is C23H23N5O2S. The molecule has 3 aromatic heterocycles. The Morgan fingerprint density at radius 1 is 1.16 bits per heavy atom. The van der Waals surface area contributed by atoms with Crippen LogP contribution < -0.4 is 0 Å². The average molecular weight is 434 g/mol. The van der Waals surface area contributed by atoms with Crippen LogP contribution >= 0.6 is 11.3 Å². The van der Waals surface area contributed by atoms with Crippen molar-refractivity contribution in [3.05, 3.63) is 83.1 Å². The number of hydrogen-bond acceptors (Lipinski definition) is 6. The number of aromatic nitrogens is 4. The number of carbonyl (C=O) groups is 1. The minimum absolute atomic E-state index is 0.108. The van der Waals surface area contributed by atoms with Gasteiger partial charge in [-0.2, -0.15) is 9.78 Å². The molecule has 0 bridgehead atoms. The molecule has 0 atom stereocenters. The molecule has 0 aliphatic carbocycles. The van der Waals surface area contributed by atoms with E-state index in [1.807, 2.05) is 41.8 Å². The van der Waals surface area contributed by atoms with Gasteiger partial charge in [-0.15, -0.1) is 11.3 Å². The third-order valence-electron chi connectivity index (χ3n) is 4.91. The van der Waals surface area contributed by atoms with Crippen LogP contribution in [-0.4, -0.2) is 51.3 Å². The predicted molar refractivity (Wildman–Crippen MR) is 120 cm³/mol. The lowest BCUT2D eigenvalue weighted by Gasteiger charge is -2.17. The van der Waals surface area contributed by atoms with Gasteiger partial charge in [0.1, 0.15) is 0 Å². The Kier molecular flexibility index (Phi) is 6.49. The number of carbonyl (C=O) groups excluding carboxylic acids is 1. The van der Waals surface area contributed by atoms with E-state index in [0.717, 1.165) is 17.0 Å². The van der Waals surface area contributed by atoms with Gasteiger partial charge < -0.3 is 9.64 Å². The van der Waals surface area contributed by atoms with Crippen molar-refractivity contribution in [3.63, 3.8) is 0 Å². The van der Waals surface area contributed by atoms with Crippen LogP contribution in [0.25, 0.3) is 16.5 Å². The van der Waals surface area contributed by atoms with Gasteiger partial charge in [0.25, 0.3) is 11.9 Å². The Morgan fingerprint density at radius 3 is 2.74 bits per heavy atom. The van der Waals surface area contributed by atoms with E-state index >= 15 is 0 Å². The molecule has 0 unspecified atom stereocenters. The molecule has 4 aromatic rings. The number of rotatable bonds is 8. The minimum Gasteiger partial charge on any atom is -0.378 e. The molecule has 0 aliphatic heterocycles. The van der Waals surface area contributed by atoms with Gasteiger partial charge in [0.05, 0.1) is 34.6 Å². The van der Waals surface area contributed by atoms with E-state index in [0.29, 0.717) is 23.8 Å². The van der Waals surface area contributed by atoms with Crippen LogP contribution in [0.4, 0.5) is 0 Å². The zero-order valence-electron chi connectivity index (χ0n) is 17.4. The van der Waals surface area contributed by atoms with E-state index in [2.05, 4.69) is 27.2 Å². The molecule has 0 saturated carbocycles. The lowest BCUT2D eigenvalue weighted by molar-refractivity contribution is 0.0791. The van der Waals surface area contributed by atoms with Crippen LogP contribution in [-0.2, 0) is 17.8 Å². The fraction of sp³-hybridized carbons (Fsp3) is 0.217. The summed E-state index contributed by atoms with van der Waals surface area (Å²) in [5.74, 6) is 0.299. The molecule has 0 saturated heterocycles. The zero-order valence-corrected chi connectivity index (χ0v) is 18.2. The fourth-order valence-corrected chi connectivity index (χ4v) is 3.96. The van der Waals surface area contributed by atoms with Crippen molar-refractivity contribution in [1.29, 1.82) is 0 Å². The largest absolute Gasteiger partial charge is 0.378 e. The van der Waals surface area contributed by atoms with Gasteiger partial charge in [-0.1, -0.05) is 36.4 Å². The lowest BCUT2D eigenvalue weighted by Crippen LogP contribution is -2.29. The molecule has 0 N–H and O–H groups in total. The van der Waals surface area contributed by atoms with Crippen molar-refractivity contribution in [1.82, 2.24) is 24.6 Å². The maximum Gasteiger partial charge on any atom is 0.257 e. The first-order valence-corrected chi connectivity index (χ1v) is 10.8. The highest BCUT2D eigenvalue weighted by atomic mass is 32.1. The average Bonchev–Trinajstić information content (AvgIpc) is 3.49. The number of thiophene rings is 1. The number of nitrogens with zero attached hydrogens (tertiary/aromatic N) is 5. The first-order chi connectivity index (χ1) is 15.2. The Morgan fingerprint density at radius 2 is 2.00 bits per heavy atom. The molecule has 4 rings (SSSR count). The smallest absolute Gasteiger partial charge is 0.257 e. The fourth-order valence-electron chi connectivity index (χ4n) is 3.26. The molecule has 31 heavy (non-hydrogen) atoms. The Balaban J connectivity index is 1.58. The van der Waals surface area contributed by atoms with E-state index in [1.165, 1.54) is 5.56 Å². The number of amides is 1. The summed E-state index contributed by atoms with van der Waals surface area (Å²) in [5.41, 5.74) is 3.12. The van der Waals surface area contributed by atoms with Crippen molar-refractivity contribution < 1.29 is 9.53 Å². The minimum atomic E-state index is -0.108. The molecule has 8 heteroatoms. The third-order valence-corrected chi connectivity index (χ3v) is 5.80. The number of benzene rings is 1. The summed E-state index contributed by atoms with van der Waals surface area (Å²) in [6, 6.07) is 16.0. The summed E-state index contributed by atoms with van der Waals surface area (Å²) >= 11 is 1.61. The topological polar surface area (TPSA) is 73.1 Å². The molecule has 0 spiro atoms. The highest BCUT2D eigenvalue weighted by Gasteiger charge is 2.22. The normalized spacial score (nSPS) is 10.9. The van der Waals surface area contributed by atoms with Crippen molar-refractivity contribution in [3.8, 4) is 16.5 Å². The van der Waals surface area contributed by atoms with Crippen LogP contribution in [0.15, 0.2) is 66.3 Å². The number of methoxy groups -OCH3 is 1. The summed E-state index contributed by atoms with van der Waals surface area (Å²) in [5, 5.41) is 6.42. The van der Waals surface area contributed by atoms with E-state index in [4.69, 9.17) is 4.74 Å². The second kappa shape index (κ2) is 9.63. The number of ether oxygens (including phenoxy) is 1. The van der Waals surface area contributed by atoms with Gasteiger partial charge in [0.2, 0.25) is 0 Å². The van der Waals surface area contributed by atoms with Crippen LogP contribution in [0.2, 0.25) is 0 Å². The third kappa shape index (κ3) is 4.70. The molecule has 1 aromatic carbocycles. The van der Waals surface area contributed by atoms with Crippen molar-refractivity contribution in [2.24, 2.45) is 0 Å². The first kappa shape index (κ1) is 20.9. The summed E-state index contributed by atoms with van der Waals surface area (Å²) < 4.78 is 6.95. The zero-order chi connectivity index (χ0) is 21.6. The molecule has 158 valence electrons. The molecule has 1 amide bonds. The molecule has 0 aliphatic rings. The maximum atomic E-state index is 13.1. The predicted octanol–water partition coefficient (Wildman–Crippen LogP) is 3.85. The van der Waals surface area contributed by atoms with Gasteiger partial charge in [-0.3, -0.25) is 4.79 Å². The second-order valence-electron chi connectivity index (χ2n) is 7.03. The standard InChI is InChI=1S/C23H23N5O2S/c1-27(13-11-17-7-4-3-5-8-17)22(29)18-15-25-28(20(18)16-30-2)23-24-12-10-19(26-23)21-9-6-14-31-21/h3-10,12,14-15H,11,13,16H2,1-2H3. The highest BCUT2D eigenvalue weighted by molar-refractivity contribution is 7.13. The summed E-state index contributed by atoms with van der Waals surface area (Å²) in [7, 11) is 3.39. The Labute approximate surface area is 185 Å². The highest BCUT2D eigenvalue weighted by Crippen LogP contribution is 2.23. The maximum absolute atomic E-state index is 13.1. The van der Waals surface area contributed by atoms with Crippen LogP contribution in [0.3, 0.4) is 0 Å². The Bertz CT molecular complexity index is 1140. The molecule has 7 nitrogen and oxygen atoms in total. The van der Waals surface area contributed by atoms with Crippen LogP contribution in [0.1, 0.15) is 21.6 Å². The second-order valence-corrected chi connectivity index (χ2v) is 7.98. The van der Waals surface area contributed by atoms with E-state index in [9.17, 15) is 4.79 Å². The van der Waals surface area contributed by atoms with Gasteiger partial charge in [-0.25, -0.2) is 9.97 Å². The van der Waals surface area contributed by atoms with Crippen molar-refractivity contribution in [2.45, 2.75) is 13.0 Å². The SMILES string of the molecule is COCc1c(C(=O)N(C)CCc2ccccc2)cnn1-c1nccc(-c2cccs2)n1. The van der Waals surface area contributed by atoms with Gasteiger partial charge in [-0.05, 0) is 29.5 Å². The lowest BCUT2D eigenvalue weighted by atomic mass is 10.1. The number of likely N-dealkylation sites (N-methyl/N-ethyl adjacent to an activating group) is 1. The summed E-state index contributed by atoms with van der Waals surface area (Å²) in [6.45, 7) is 0.824. The van der Waals surface area contributed by atoms with Crippen LogP contribution in [0.5, 0.6) is 0 Å². The van der Waals surface area contributed by atoms with E-state index in [1.54, 1.807) is 47.5 Å². The molecule has 0 radical (unpaired) electrons. The summed E-state index contributed by atoms with van der Waals surface area (Å²) in [4.78, 5) is 24.9. The first-order valence-electron chi connectivity index (χ1n) is 9.90. The van der Waals surface area contributed by atoms with Gasteiger partial charge in [0, 0.05) is 26.9 Å². The molecular weight excluding hydrogens is 410 g/mol. The van der Waals surface area contributed by atoms with Gasteiger partial charge >= 0.3 is 0 Å². The quantitative estimate of drug-likeness (QED) is 0.422. The Hall–Kier alpha value is -3.36. The molecule has 3 heterocycles. The number of hydrogen-bond donors (Lipinski definition) is 0. The van der Waals surface area contributed by atoms with Crippen molar-refractivity contribution in [2.75, 3.05) is 20.7 Å².